The molecule has 106 valence electrons. The van der Waals surface area contributed by atoms with E-state index in [2.05, 4.69) is 20.5 Å². The lowest BCUT2D eigenvalue weighted by molar-refractivity contribution is -0.115. The van der Waals surface area contributed by atoms with Gasteiger partial charge >= 0.3 is 0 Å². The van der Waals surface area contributed by atoms with E-state index >= 15 is 0 Å². The average Bonchev–Trinajstić information content (AvgIpc) is 3.09. The summed E-state index contributed by atoms with van der Waals surface area (Å²) in [6.45, 7) is 3.89. The summed E-state index contributed by atoms with van der Waals surface area (Å²) in [5.74, 6) is -0.0632. The lowest BCUT2D eigenvalue weighted by Crippen LogP contribution is -2.21. The van der Waals surface area contributed by atoms with Crippen molar-refractivity contribution in [2.24, 2.45) is 4.99 Å². The van der Waals surface area contributed by atoms with Crippen molar-refractivity contribution < 1.29 is 4.79 Å². The first-order valence-corrected chi connectivity index (χ1v) is 7.75. The summed E-state index contributed by atoms with van der Waals surface area (Å²) in [6, 6.07) is 0.384. The van der Waals surface area contributed by atoms with Gasteiger partial charge in [0, 0.05) is 11.3 Å². The van der Waals surface area contributed by atoms with Crippen LogP contribution in [-0.2, 0) is 4.79 Å². The summed E-state index contributed by atoms with van der Waals surface area (Å²) in [7, 11) is 0. The van der Waals surface area contributed by atoms with Crippen molar-refractivity contribution in [3.05, 3.63) is 21.9 Å². The third kappa shape index (κ3) is 2.65. The fraction of sp³-hybridized carbons (Fsp3) is 0.500. The maximum Gasteiger partial charge on any atom is 0.264 e. The van der Waals surface area contributed by atoms with Crippen LogP contribution in [0, 0.1) is 13.8 Å². The van der Waals surface area contributed by atoms with E-state index in [0.717, 1.165) is 35.0 Å². The fourth-order valence-corrected chi connectivity index (χ4v) is 3.47. The van der Waals surface area contributed by atoms with Crippen LogP contribution < -0.4 is 5.32 Å². The van der Waals surface area contributed by atoms with Gasteiger partial charge in [-0.25, -0.2) is 0 Å². The van der Waals surface area contributed by atoms with Crippen LogP contribution >= 0.6 is 11.8 Å². The molecule has 1 aromatic heterocycles. The highest BCUT2D eigenvalue weighted by Gasteiger charge is 2.26. The number of carbonyl (C=O) groups is 1. The van der Waals surface area contributed by atoms with Gasteiger partial charge in [0.2, 0.25) is 0 Å². The van der Waals surface area contributed by atoms with E-state index in [-0.39, 0.29) is 5.91 Å². The minimum atomic E-state index is -0.0632. The van der Waals surface area contributed by atoms with Crippen molar-refractivity contribution in [3.8, 4) is 0 Å². The van der Waals surface area contributed by atoms with Crippen molar-refractivity contribution in [1.82, 2.24) is 15.5 Å². The van der Waals surface area contributed by atoms with Gasteiger partial charge in [-0.1, -0.05) is 12.8 Å². The van der Waals surface area contributed by atoms with Crippen molar-refractivity contribution in [1.29, 1.82) is 0 Å². The highest BCUT2D eigenvalue weighted by molar-refractivity contribution is 8.18. The van der Waals surface area contributed by atoms with Crippen molar-refractivity contribution in [2.45, 2.75) is 45.6 Å². The second kappa shape index (κ2) is 5.44. The molecule has 0 radical (unpaired) electrons. The Kier molecular flexibility index (Phi) is 3.65. The number of aromatic nitrogens is 2. The molecule has 1 aliphatic heterocycles. The molecule has 0 aromatic carbocycles. The molecule has 2 heterocycles. The molecule has 0 unspecified atom stereocenters. The number of carbonyl (C=O) groups excluding carboxylic acids is 1. The molecule has 6 heteroatoms. The number of amidine groups is 1. The van der Waals surface area contributed by atoms with Crippen molar-refractivity contribution in [3.63, 3.8) is 0 Å². The molecule has 0 atom stereocenters. The van der Waals surface area contributed by atoms with E-state index in [1.54, 1.807) is 0 Å². The minimum absolute atomic E-state index is 0.0632. The molecule has 1 amide bonds. The van der Waals surface area contributed by atoms with E-state index < -0.39 is 0 Å². The predicted octanol–water partition coefficient (Wildman–Crippen LogP) is 2.53. The van der Waals surface area contributed by atoms with Crippen LogP contribution in [0.1, 0.15) is 42.6 Å². The summed E-state index contributed by atoms with van der Waals surface area (Å²) in [5.41, 5.74) is 2.87. The molecule has 1 saturated carbocycles. The highest BCUT2D eigenvalue weighted by atomic mass is 32.2. The molecular weight excluding hydrogens is 272 g/mol. The number of amides is 1. The molecule has 1 aromatic rings. The number of rotatable bonds is 2. The molecule has 2 aliphatic rings. The first kappa shape index (κ1) is 13.4. The highest BCUT2D eigenvalue weighted by Crippen LogP contribution is 2.29. The van der Waals surface area contributed by atoms with Crippen LogP contribution in [0.3, 0.4) is 0 Å². The largest absolute Gasteiger partial charge is 0.301 e. The Morgan fingerprint density at radius 1 is 1.35 bits per heavy atom. The number of nitrogens with zero attached hydrogens (tertiary/aromatic N) is 2. The summed E-state index contributed by atoms with van der Waals surface area (Å²) in [5, 5.41) is 10.7. The third-order valence-electron chi connectivity index (χ3n) is 3.74. The number of thioether (sulfide) groups is 1. The van der Waals surface area contributed by atoms with E-state index in [1.165, 1.54) is 24.6 Å². The Hall–Kier alpha value is -1.56. The summed E-state index contributed by atoms with van der Waals surface area (Å²) in [6.07, 6.45) is 6.66. The quantitative estimate of drug-likeness (QED) is 0.822. The first-order chi connectivity index (χ1) is 9.63. The lowest BCUT2D eigenvalue weighted by Gasteiger charge is -2.02. The Morgan fingerprint density at radius 2 is 2.10 bits per heavy atom. The van der Waals surface area contributed by atoms with Gasteiger partial charge in [0.05, 0.1) is 16.6 Å². The minimum Gasteiger partial charge on any atom is -0.301 e. The zero-order valence-corrected chi connectivity index (χ0v) is 12.5. The van der Waals surface area contributed by atoms with Crippen LogP contribution in [0.5, 0.6) is 0 Å². The molecule has 3 rings (SSSR count). The van der Waals surface area contributed by atoms with Gasteiger partial charge in [0.25, 0.3) is 5.91 Å². The summed E-state index contributed by atoms with van der Waals surface area (Å²) >= 11 is 1.43. The van der Waals surface area contributed by atoms with Gasteiger partial charge < -0.3 is 5.32 Å². The van der Waals surface area contributed by atoms with Crippen LogP contribution in [0.4, 0.5) is 0 Å². The molecule has 0 bridgehead atoms. The number of hydrogen-bond acceptors (Lipinski definition) is 4. The van der Waals surface area contributed by atoms with Gasteiger partial charge in [0.15, 0.2) is 5.17 Å². The average molecular weight is 290 g/mol. The zero-order chi connectivity index (χ0) is 14.1. The number of aliphatic imine (C=N–C) groups is 1. The Labute approximate surface area is 122 Å². The molecule has 1 aliphatic carbocycles. The van der Waals surface area contributed by atoms with Crippen molar-refractivity contribution in [2.75, 3.05) is 0 Å². The topological polar surface area (TPSA) is 70.1 Å². The van der Waals surface area contributed by atoms with Gasteiger partial charge in [-0.15, -0.1) is 0 Å². The van der Waals surface area contributed by atoms with Crippen LogP contribution in [-0.4, -0.2) is 27.3 Å². The standard InChI is InChI=1S/C14H18N4OS/c1-8-11(9(2)18-17-8)7-12-13(19)16-14(20-12)15-10-5-3-4-6-10/h7,10H,3-6H2,1-2H3,(H,17,18)(H,15,16,19)/b12-7+. The smallest absolute Gasteiger partial charge is 0.264 e. The molecule has 2 N–H and O–H groups in total. The molecule has 2 fully saturated rings. The lowest BCUT2D eigenvalue weighted by atomic mass is 10.2. The van der Waals surface area contributed by atoms with Gasteiger partial charge in [-0.05, 0) is 44.5 Å². The van der Waals surface area contributed by atoms with Crippen LogP contribution in [0.2, 0.25) is 0 Å². The Morgan fingerprint density at radius 3 is 2.75 bits per heavy atom. The van der Waals surface area contributed by atoms with Crippen LogP contribution in [0.15, 0.2) is 9.90 Å². The van der Waals surface area contributed by atoms with E-state index in [4.69, 9.17) is 0 Å². The van der Waals surface area contributed by atoms with Gasteiger partial charge in [0.1, 0.15) is 0 Å². The van der Waals surface area contributed by atoms with Gasteiger partial charge in [-0.2, -0.15) is 5.10 Å². The second-order valence-electron chi connectivity index (χ2n) is 5.28. The molecule has 20 heavy (non-hydrogen) atoms. The zero-order valence-electron chi connectivity index (χ0n) is 11.7. The predicted molar refractivity (Wildman–Crippen MR) is 81.5 cm³/mol. The number of aryl methyl sites for hydroxylation is 2. The maximum absolute atomic E-state index is 12.0. The van der Waals surface area contributed by atoms with E-state index in [9.17, 15) is 4.79 Å². The molecular formula is C14H18N4OS. The van der Waals surface area contributed by atoms with E-state index in [1.807, 2.05) is 19.9 Å². The van der Waals surface area contributed by atoms with Crippen molar-refractivity contribution >= 4 is 28.9 Å². The summed E-state index contributed by atoms with van der Waals surface area (Å²) in [4.78, 5) is 17.3. The summed E-state index contributed by atoms with van der Waals surface area (Å²) < 4.78 is 0. The molecule has 0 spiro atoms. The maximum atomic E-state index is 12.0. The first-order valence-electron chi connectivity index (χ1n) is 6.94. The third-order valence-corrected chi connectivity index (χ3v) is 4.66. The second-order valence-corrected chi connectivity index (χ2v) is 6.32. The normalized spacial score (nSPS) is 24.0. The molecule has 1 saturated heterocycles. The Balaban J connectivity index is 1.80. The van der Waals surface area contributed by atoms with Crippen LogP contribution in [0.25, 0.3) is 6.08 Å². The fourth-order valence-electron chi connectivity index (χ4n) is 2.59. The number of aromatic amines is 1. The van der Waals surface area contributed by atoms with Gasteiger partial charge in [-0.3, -0.25) is 14.9 Å². The number of hydrogen-bond donors (Lipinski definition) is 2. The molecule has 5 nitrogen and oxygen atoms in total. The number of nitrogens with one attached hydrogen (secondary N) is 2. The van der Waals surface area contributed by atoms with E-state index in [0.29, 0.717) is 10.9 Å². The Bertz CT molecular complexity index is 577. The number of H-pyrrole nitrogens is 1. The monoisotopic (exact) mass is 290 g/mol. The SMILES string of the molecule is Cc1n[nH]c(C)c1/C=C1/SC(=NC2CCCC2)NC1=O.